The Morgan fingerprint density at radius 2 is 2.16 bits per heavy atom. The van der Waals surface area contributed by atoms with Gasteiger partial charge < -0.3 is 5.32 Å². The number of pyridine rings is 1. The van der Waals surface area contributed by atoms with Gasteiger partial charge in [0, 0.05) is 23.0 Å². The molecule has 0 aromatic carbocycles. The lowest BCUT2D eigenvalue weighted by Crippen LogP contribution is -2.11. The van der Waals surface area contributed by atoms with Crippen LogP contribution in [0.1, 0.15) is 41.9 Å². The van der Waals surface area contributed by atoms with Crippen molar-refractivity contribution < 1.29 is 0 Å². The molecule has 0 atom stereocenters. The van der Waals surface area contributed by atoms with Crippen molar-refractivity contribution in [3.05, 3.63) is 34.5 Å². The zero-order valence-corrected chi connectivity index (χ0v) is 12.3. The zero-order chi connectivity index (χ0) is 13.2. The first-order chi connectivity index (χ1) is 9.28. The minimum Gasteiger partial charge on any atom is -0.312 e. The number of nitrogens with one attached hydrogen (secondary N) is 1. The van der Waals surface area contributed by atoms with E-state index in [1.165, 1.54) is 23.4 Å². The molecular formula is C15H19N3S. The molecule has 0 saturated heterocycles. The summed E-state index contributed by atoms with van der Waals surface area (Å²) in [5.41, 5.74) is 3.37. The van der Waals surface area contributed by atoms with Gasteiger partial charge in [-0.15, -0.1) is 11.3 Å². The van der Waals surface area contributed by atoms with Crippen LogP contribution in [-0.2, 0) is 6.54 Å². The van der Waals surface area contributed by atoms with E-state index in [0.29, 0.717) is 5.92 Å². The third-order valence-corrected chi connectivity index (χ3v) is 4.43. The predicted octanol–water partition coefficient (Wildman–Crippen LogP) is 3.50. The monoisotopic (exact) mass is 273 g/mol. The molecule has 1 fully saturated rings. The van der Waals surface area contributed by atoms with Gasteiger partial charge in [0.1, 0.15) is 5.01 Å². The predicted molar refractivity (Wildman–Crippen MR) is 79.4 cm³/mol. The van der Waals surface area contributed by atoms with Crippen molar-refractivity contribution in [2.75, 3.05) is 6.54 Å². The number of nitrogens with zero attached hydrogens (tertiary/aromatic N) is 2. The lowest BCUT2D eigenvalue weighted by Gasteiger charge is -2.00. The first-order valence-corrected chi connectivity index (χ1v) is 7.74. The maximum Gasteiger partial charge on any atom is 0.142 e. The van der Waals surface area contributed by atoms with Crippen molar-refractivity contribution in [2.45, 2.75) is 39.2 Å². The third-order valence-electron chi connectivity index (χ3n) is 3.33. The Morgan fingerprint density at radius 1 is 1.32 bits per heavy atom. The van der Waals surface area contributed by atoms with E-state index in [1.807, 2.05) is 13.0 Å². The number of aromatic nitrogens is 2. The minimum atomic E-state index is 0.698. The molecule has 0 radical (unpaired) electrons. The van der Waals surface area contributed by atoms with Crippen molar-refractivity contribution >= 4 is 11.3 Å². The maximum atomic E-state index is 4.85. The molecule has 2 heterocycles. The van der Waals surface area contributed by atoms with E-state index < -0.39 is 0 Å². The first-order valence-electron chi connectivity index (χ1n) is 6.92. The number of thiazole rings is 1. The molecule has 1 N–H and O–H groups in total. The van der Waals surface area contributed by atoms with Crippen LogP contribution in [0.3, 0.4) is 0 Å². The number of aryl methyl sites for hydroxylation is 1. The van der Waals surface area contributed by atoms with Gasteiger partial charge in [-0.05, 0) is 38.4 Å². The second kappa shape index (κ2) is 5.39. The molecule has 1 saturated carbocycles. The van der Waals surface area contributed by atoms with Gasteiger partial charge in [0.2, 0.25) is 0 Å². The third kappa shape index (κ3) is 2.85. The summed E-state index contributed by atoms with van der Waals surface area (Å²) < 4.78 is 0. The fourth-order valence-electron chi connectivity index (χ4n) is 2.18. The van der Waals surface area contributed by atoms with Crippen LogP contribution in [-0.4, -0.2) is 16.5 Å². The normalized spacial score (nSPS) is 14.8. The van der Waals surface area contributed by atoms with Gasteiger partial charge in [0.15, 0.2) is 0 Å². The quantitative estimate of drug-likeness (QED) is 0.906. The molecule has 100 valence electrons. The van der Waals surface area contributed by atoms with Crippen LogP contribution in [0.2, 0.25) is 0 Å². The highest BCUT2D eigenvalue weighted by molar-refractivity contribution is 7.15. The van der Waals surface area contributed by atoms with Crippen LogP contribution in [0.15, 0.2) is 18.2 Å². The molecule has 0 bridgehead atoms. The molecule has 4 heteroatoms. The number of hydrogen-bond acceptors (Lipinski definition) is 4. The van der Waals surface area contributed by atoms with Crippen LogP contribution < -0.4 is 5.32 Å². The molecule has 3 nitrogen and oxygen atoms in total. The Hall–Kier alpha value is -1.26. The standard InChI is InChI=1S/C15H19N3S/c1-3-16-9-13-14(11-7-8-11)18-15(19-13)12-6-4-5-10(2)17-12/h4-6,11,16H,3,7-9H2,1-2H3. The van der Waals surface area contributed by atoms with Gasteiger partial charge in [-0.1, -0.05) is 13.0 Å². The second-order valence-electron chi connectivity index (χ2n) is 5.05. The first kappa shape index (κ1) is 12.8. The number of hydrogen-bond donors (Lipinski definition) is 1. The summed E-state index contributed by atoms with van der Waals surface area (Å²) in [6.07, 6.45) is 2.59. The average Bonchev–Trinajstić information content (AvgIpc) is 3.17. The van der Waals surface area contributed by atoms with Crippen molar-refractivity contribution in [3.8, 4) is 10.7 Å². The molecule has 2 aromatic rings. The summed E-state index contributed by atoms with van der Waals surface area (Å²) in [5.74, 6) is 0.698. The van der Waals surface area contributed by atoms with Gasteiger partial charge in [0.25, 0.3) is 0 Å². The summed E-state index contributed by atoms with van der Waals surface area (Å²) >= 11 is 1.79. The van der Waals surface area contributed by atoms with E-state index in [4.69, 9.17) is 4.98 Å². The van der Waals surface area contributed by atoms with Crippen LogP contribution in [0, 0.1) is 6.92 Å². The van der Waals surface area contributed by atoms with Crippen LogP contribution >= 0.6 is 11.3 Å². The highest BCUT2D eigenvalue weighted by atomic mass is 32.1. The van der Waals surface area contributed by atoms with Crippen molar-refractivity contribution in [3.63, 3.8) is 0 Å². The fourth-order valence-corrected chi connectivity index (χ4v) is 3.26. The molecule has 1 aliphatic carbocycles. The smallest absolute Gasteiger partial charge is 0.142 e. The largest absolute Gasteiger partial charge is 0.312 e. The van der Waals surface area contributed by atoms with Gasteiger partial charge in [-0.3, -0.25) is 4.98 Å². The Morgan fingerprint density at radius 3 is 2.84 bits per heavy atom. The lowest BCUT2D eigenvalue weighted by molar-refractivity contribution is 0.727. The molecule has 0 aliphatic heterocycles. The molecule has 3 rings (SSSR count). The molecule has 0 amide bonds. The van der Waals surface area contributed by atoms with Gasteiger partial charge >= 0.3 is 0 Å². The molecule has 2 aromatic heterocycles. The van der Waals surface area contributed by atoms with E-state index in [0.717, 1.165) is 29.5 Å². The highest BCUT2D eigenvalue weighted by Crippen LogP contribution is 2.44. The number of rotatable bonds is 5. The summed E-state index contributed by atoms with van der Waals surface area (Å²) in [6.45, 7) is 6.10. The van der Waals surface area contributed by atoms with E-state index in [-0.39, 0.29) is 0 Å². The highest BCUT2D eigenvalue weighted by Gasteiger charge is 2.29. The van der Waals surface area contributed by atoms with Crippen LogP contribution in [0.4, 0.5) is 0 Å². The van der Waals surface area contributed by atoms with Crippen molar-refractivity contribution in [1.29, 1.82) is 0 Å². The summed E-state index contributed by atoms with van der Waals surface area (Å²) in [6, 6.07) is 6.14. The van der Waals surface area contributed by atoms with E-state index in [2.05, 4.69) is 29.4 Å². The molecule has 1 aliphatic rings. The molecule has 0 unspecified atom stereocenters. The van der Waals surface area contributed by atoms with Crippen molar-refractivity contribution in [2.24, 2.45) is 0 Å². The summed E-state index contributed by atoms with van der Waals surface area (Å²) in [5, 5.41) is 4.48. The van der Waals surface area contributed by atoms with E-state index in [9.17, 15) is 0 Å². The van der Waals surface area contributed by atoms with Gasteiger partial charge in [0.05, 0.1) is 11.4 Å². The Bertz CT molecular complexity index is 573. The summed E-state index contributed by atoms with van der Waals surface area (Å²) in [7, 11) is 0. The maximum absolute atomic E-state index is 4.85. The Kier molecular flexibility index (Phi) is 3.62. The van der Waals surface area contributed by atoms with E-state index in [1.54, 1.807) is 11.3 Å². The van der Waals surface area contributed by atoms with Crippen LogP contribution in [0.25, 0.3) is 10.7 Å². The lowest BCUT2D eigenvalue weighted by atomic mass is 10.2. The van der Waals surface area contributed by atoms with E-state index >= 15 is 0 Å². The minimum absolute atomic E-state index is 0.698. The van der Waals surface area contributed by atoms with Crippen LogP contribution in [0.5, 0.6) is 0 Å². The Balaban J connectivity index is 1.93. The zero-order valence-electron chi connectivity index (χ0n) is 11.4. The topological polar surface area (TPSA) is 37.8 Å². The Labute approximate surface area is 118 Å². The summed E-state index contributed by atoms with van der Waals surface area (Å²) in [4.78, 5) is 10.8. The second-order valence-corrected chi connectivity index (χ2v) is 6.13. The molecule has 0 spiro atoms. The SMILES string of the molecule is CCNCc1sc(-c2cccc(C)n2)nc1C1CC1. The molecule has 19 heavy (non-hydrogen) atoms. The average molecular weight is 273 g/mol. The van der Waals surface area contributed by atoms with Crippen molar-refractivity contribution in [1.82, 2.24) is 15.3 Å². The van der Waals surface area contributed by atoms with Gasteiger partial charge in [-0.25, -0.2) is 4.98 Å². The molecular weight excluding hydrogens is 254 g/mol. The fraction of sp³-hybridized carbons (Fsp3) is 0.467. The van der Waals surface area contributed by atoms with Gasteiger partial charge in [-0.2, -0.15) is 0 Å².